The van der Waals surface area contributed by atoms with Gasteiger partial charge in [0.05, 0.1) is 10.5 Å². The molecule has 3 N–H and O–H groups in total. The number of carbonyl (C=O) groups is 1. The predicted molar refractivity (Wildman–Crippen MR) is 73.9 cm³/mol. The first-order chi connectivity index (χ1) is 8.88. The van der Waals surface area contributed by atoms with E-state index in [-0.39, 0.29) is 15.4 Å². The van der Waals surface area contributed by atoms with Crippen molar-refractivity contribution >= 4 is 28.6 Å². The lowest BCUT2D eigenvalue weighted by molar-refractivity contribution is 0.0696. The Morgan fingerprint density at radius 2 is 2.11 bits per heavy atom. The summed E-state index contributed by atoms with van der Waals surface area (Å²) in [5.74, 6) is -1.19. The summed E-state index contributed by atoms with van der Waals surface area (Å²) >= 11 is 4.03. The fourth-order valence-electron chi connectivity index (χ4n) is 1.33. The zero-order chi connectivity index (χ0) is 14.5. The maximum Gasteiger partial charge on any atom is 0.335 e. The molecule has 106 valence electrons. The molecule has 0 aromatic heterocycles. The van der Waals surface area contributed by atoms with Gasteiger partial charge in [0, 0.05) is 11.4 Å². The molecular weight excluding hydrogens is 288 g/mol. The molecular formula is C11H16N2O4S2. The smallest absolute Gasteiger partial charge is 0.335 e. The Labute approximate surface area is 117 Å². The first-order valence-corrected chi connectivity index (χ1v) is 7.62. The van der Waals surface area contributed by atoms with Crippen LogP contribution in [-0.2, 0) is 10.0 Å². The molecule has 0 saturated heterocycles. The highest BCUT2D eigenvalue weighted by Gasteiger charge is 2.18. The van der Waals surface area contributed by atoms with Gasteiger partial charge in [0.2, 0.25) is 0 Å². The summed E-state index contributed by atoms with van der Waals surface area (Å²) < 4.78 is 24.0. The van der Waals surface area contributed by atoms with Crippen molar-refractivity contribution in [3.63, 3.8) is 0 Å². The van der Waals surface area contributed by atoms with E-state index < -0.39 is 16.0 Å². The molecule has 0 aliphatic heterocycles. The molecule has 8 heteroatoms. The van der Waals surface area contributed by atoms with Gasteiger partial charge in [0.1, 0.15) is 0 Å². The summed E-state index contributed by atoms with van der Waals surface area (Å²) in [6.45, 7) is 2.48. The summed E-state index contributed by atoms with van der Waals surface area (Å²) in [5, 5.41) is 8.86. The lowest BCUT2D eigenvalue weighted by Gasteiger charge is -2.10. The third-order valence-electron chi connectivity index (χ3n) is 2.36. The molecule has 6 nitrogen and oxygen atoms in total. The molecule has 0 atom stereocenters. The van der Waals surface area contributed by atoms with Crippen molar-refractivity contribution in [1.29, 1.82) is 0 Å². The molecule has 0 spiro atoms. The lowest BCUT2D eigenvalue weighted by Crippen LogP contribution is -2.38. The molecule has 1 rings (SSSR count). The van der Waals surface area contributed by atoms with Crippen LogP contribution in [0, 0.1) is 0 Å². The second-order valence-electron chi connectivity index (χ2n) is 3.87. The van der Waals surface area contributed by atoms with Crippen LogP contribution in [0.4, 0.5) is 0 Å². The number of unbranched alkanes of at least 4 members (excludes halogenated alkanes) is 1. The average Bonchev–Trinajstić information content (AvgIpc) is 2.34. The molecule has 0 unspecified atom stereocenters. The molecule has 0 aliphatic carbocycles. The number of carboxylic acids is 1. The van der Waals surface area contributed by atoms with Gasteiger partial charge in [-0.15, -0.1) is 17.5 Å². The van der Waals surface area contributed by atoms with Crippen molar-refractivity contribution < 1.29 is 18.3 Å². The van der Waals surface area contributed by atoms with Crippen LogP contribution >= 0.6 is 12.6 Å². The van der Waals surface area contributed by atoms with Crippen LogP contribution in [0.1, 0.15) is 30.1 Å². The van der Waals surface area contributed by atoms with E-state index in [1.807, 2.05) is 6.92 Å². The van der Waals surface area contributed by atoms with E-state index >= 15 is 0 Å². The van der Waals surface area contributed by atoms with Crippen molar-refractivity contribution in [2.24, 2.45) is 0 Å². The first-order valence-electron chi connectivity index (χ1n) is 5.69. The molecule has 0 fully saturated rings. The van der Waals surface area contributed by atoms with Crippen LogP contribution in [0.25, 0.3) is 0 Å². The number of rotatable bonds is 7. The number of nitrogens with one attached hydrogen (secondary N) is 2. The second-order valence-corrected chi connectivity index (χ2v) is 6.01. The number of aromatic carboxylic acids is 1. The number of benzene rings is 1. The van der Waals surface area contributed by atoms with Crippen LogP contribution in [0.2, 0.25) is 0 Å². The highest BCUT2D eigenvalue weighted by Crippen LogP contribution is 2.20. The van der Waals surface area contributed by atoms with Gasteiger partial charge in [-0.05, 0) is 24.6 Å². The highest BCUT2D eigenvalue weighted by atomic mass is 32.2. The minimum Gasteiger partial charge on any atom is -0.478 e. The Morgan fingerprint density at radius 3 is 2.68 bits per heavy atom. The Hall–Kier alpha value is -1.09. The zero-order valence-corrected chi connectivity index (χ0v) is 12.1. The van der Waals surface area contributed by atoms with Gasteiger partial charge in [-0.1, -0.05) is 13.3 Å². The predicted octanol–water partition coefficient (Wildman–Crippen LogP) is 1.26. The fraction of sp³-hybridized carbons (Fsp3) is 0.364. The first kappa shape index (κ1) is 16.0. The van der Waals surface area contributed by atoms with Crippen LogP contribution in [0.5, 0.6) is 0 Å². The van der Waals surface area contributed by atoms with E-state index in [0.717, 1.165) is 18.9 Å². The van der Waals surface area contributed by atoms with Gasteiger partial charge in [-0.25, -0.2) is 18.6 Å². The maximum absolute atomic E-state index is 12.0. The van der Waals surface area contributed by atoms with Crippen LogP contribution in [0.3, 0.4) is 0 Å². The molecule has 1 aromatic carbocycles. The van der Waals surface area contributed by atoms with Gasteiger partial charge < -0.3 is 5.11 Å². The van der Waals surface area contributed by atoms with Gasteiger partial charge >= 0.3 is 5.97 Å². The Morgan fingerprint density at radius 1 is 1.42 bits per heavy atom. The topological polar surface area (TPSA) is 95.5 Å². The van der Waals surface area contributed by atoms with Crippen LogP contribution in [0.15, 0.2) is 28.0 Å². The van der Waals surface area contributed by atoms with E-state index in [0.29, 0.717) is 6.54 Å². The summed E-state index contributed by atoms with van der Waals surface area (Å²) in [6.07, 6.45) is 1.76. The number of hydrogen-bond donors (Lipinski definition) is 4. The molecule has 0 bridgehead atoms. The van der Waals surface area contributed by atoms with Crippen molar-refractivity contribution in [1.82, 2.24) is 10.3 Å². The molecule has 0 saturated carbocycles. The average molecular weight is 304 g/mol. The minimum absolute atomic E-state index is 0.105. The van der Waals surface area contributed by atoms with Gasteiger partial charge in [-0.2, -0.15) is 0 Å². The summed E-state index contributed by atoms with van der Waals surface area (Å²) in [6, 6.07) is 3.72. The zero-order valence-electron chi connectivity index (χ0n) is 10.4. The monoisotopic (exact) mass is 304 g/mol. The second kappa shape index (κ2) is 6.90. The number of hydrazine groups is 1. The SMILES string of the molecule is CCCCNNS(=O)(=O)c1cc(C(=O)O)ccc1S. The molecule has 1 aromatic rings. The number of sulfonamides is 1. The number of hydrogen-bond acceptors (Lipinski definition) is 5. The Bertz CT molecular complexity index is 558. The Balaban J connectivity index is 2.94. The summed E-state index contributed by atoms with van der Waals surface area (Å²) in [7, 11) is -3.83. The quantitative estimate of drug-likeness (QED) is 0.345. The number of carboxylic acid groups (broad SMARTS) is 1. The molecule has 0 radical (unpaired) electrons. The molecule has 0 aliphatic rings. The molecule has 0 amide bonds. The van der Waals surface area contributed by atoms with Gasteiger partial charge in [-0.3, -0.25) is 0 Å². The summed E-state index contributed by atoms with van der Waals surface area (Å²) in [4.78, 5) is 13.1. The normalized spacial score (nSPS) is 11.5. The van der Waals surface area contributed by atoms with Crippen molar-refractivity contribution in [2.45, 2.75) is 29.6 Å². The molecule has 19 heavy (non-hydrogen) atoms. The van der Waals surface area contributed by atoms with E-state index in [1.54, 1.807) is 0 Å². The fourth-order valence-corrected chi connectivity index (χ4v) is 2.86. The van der Waals surface area contributed by atoms with Crippen LogP contribution < -0.4 is 10.3 Å². The van der Waals surface area contributed by atoms with E-state index in [4.69, 9.17) is 5.11 Å². The maximum atomic E-state index is 12.0. The van der Waals surface area contributed by atoms with E-state index in [1.165, 1.54) is 12.1 Å². The Kier molecular flexibility index (Phi) is 5.80. The van der Waals surface area contributed by atoms with E-state index in [2.05, 4.69) is 22.9 Å². The van der Waals surface area contributed by atoms with Gasteiger partial charge in [0.15, 0.2) is 0 Å². The third kappa shape index (κ3) is 4.50. The van der Waals surface area contributed by atoms with Crippen molar-refractivity contribution in [2.75, 3.05) is 6.54 Å². The number of thiol groups is 1. The minimum atomic E-state index is -3.83. The highest BCUT2D eigenvalue weighted by molar-refractivity contribution is 7.90. The standard InChI is InChI=1S/C11H16N2O4S2/c1-2-3-6-12-13-19(16,17)10-7-8(11(14)15)4-5-9(10)18/h4-5,7,12-13,18H,2-3,6H2,1H3,(H,14,15). The lowest BCUT2D eigenvalue weighted by atomic mass is 10.2. The van der Waals surface area contributed by atoms with E-state index in [9.17, 15) is 13.2 Å². The van der Waals surface area contributed by atoms with Gasteiger partial charge in [0.25, 0.3) is 10.0 Å². The van der Waals surface area contributed by atoms with Crippen LogP contribution in [-0.4, -0.2) is 26.0 Å². The van der Waals surface area contributed by atoms with Crippen molar-refractivity contribution in [3.8, 4) is 0 Å². The summed E-state index contributed by atoms with van der Waals surface area (Å²) in [5.41, 5.74) is 2.48. The van der Waals surface area contributed by atoms with Crippen molar-refractivity contribution in [3.05, 3.63) is 23.8 Å². The largest absolute Gasteiger partial charge is 0.478 e. The molecule has 0 heterocycles. The third-order valence-corrected chi connectivity index (χ3v) is 4.23.